The Labute approximate surface area is 125 Å². The van der Waals surface area contributed by atoms with E-state index in [0.717, 1.165) is 34.0 Å². The van der Waals surface area contributed by atoms with Gasteiger partial charge in [-0.2, -0.15) is 8.42 Å². The summed E-state index contributed by atoms with van der Waals surface area (Å²) in [5.41, 5.74) is 4.53. The molecule has 7 heteroatoms. The number of nitrogens with two attached hydrogens (primary N) is 1. The first-order valence-corrected chi connectivity index (χ1v) is 7.40. The molecule has 1 amide bonds. The zero-order valence-corrected chi connectivity index (χ0v) is 12.9. The van der Waals surface area contributed by atoms with Crippen molar-refractivity contribution in [2.45, 2.75) is 4.90 Å². The Morgan fingerprint density at radius 1 is 1.28 bits per heavy atom. The van der Waals surface area contributed by atoms with Crippen molar-refractivity contribution in [3.63, 3.8) is 0 Å². The second-order valence-corrected chi connectivity index (χ2v) is 5.04. The van der Waals surface area contributed by atoms with E-state index in [1.165, 1.54) is 12.1 Å². The molecule has 0 aromatic heterocycles. The van der Waals surface area contributed by atoms with Crippen LogP contribution in [0.25, 0.3) is 0 Å². The number of rotatable bonds is 2. The van der Waals surface area contributed by atoms with Gasteiger partial charge in [-0.3, -0.25) is 9.35 Å². The molecule has 0 aliphatic heterocycles. The van der Waals surface area contributed by atoms with E-state index >= 15 is 0 Å². The predicted molar refractivity (Wildman–Crippen MR) is 71.6 cm³/mol. The van der Waals surface area contributed by atoms with Gasteiger partial charge in [-0.1, -0.05) is 24.8 Å². The van der Waals surface area contributed by atoms with Crippen molar-refractivity contribution in [3.8, 4) is 0 Å². The first-order chi connectivity index (χ1) is 8.29. The second-order valence-electron chi connectivity index (χ2n) is 2.80. The van der Waals surface area contributed by atoms with Gasteiger partial charge in [0.1, 0.15) is 0 Å². The van der Waals surface area contributed by atoms with Gasteiger partial charge in [0.25, 0.3) is 10.1 Å². The Morgan fingerprint density at radius 2 is 1.61 bits per heavy atom. The average Bonchev–Trinajstić information content (AvgIpc) is 2.31. The quantitative estimate of drug-likeness (QED) is 0.477. The van der Waals surface area contributed by atoms with Crippen LogP contribution in [-0.2, 0) is 14.9 Å². The van der Waals surface area contributed by atoms with Crippen LogP contribution in [0.1, 0.15) is 0 Å². The van der Waals surface area contributed by atoms with Crippen LogP contribution in [0.5, 0.6) is 0 Å². The maximum Gasteiger partial charge on any atom is 0.294 e. The van der Waals surface area contributed by atoms with Crippen molar-refractivity contribution in [1.82, 2.24) is 0 Å². The van der Waals surface area contributed by atoms with Crippen LogP contribution in [0.3, 0.4) is 0 Å². The van der Waals surface area contributed by atoms with Crippen LogP contribution < -0.4 is 5.73 Å². The summed E-state index contributed by atoms with van der Waals surface area (Å²) in [6.07, 6.45) is 1.06. The first-order valence-electron chi connectivity index (χ1n) is 4.81. The molecule has 5 nitrogen and oxygen atoms in total. The molecule has 3 N–H and O–H groups in total. The van der Waals surface area contributed by atoms with Gasteiger partial charge in [-0.15, -0.1) is 0 Å². The van der Waals surface area contributed by atoms with Crippen molar-refractivity contribution in [1.29, 1.82) is 0 Å². The van der Waals surface area contributed by atoms with Crippen molar-refractivity contribution in [2.75, 3.05) is 0 Å². The Balaban J connectivity index is 0. The topological polar surface area (TPSA) is 97.5 Å². The molecular weight excluding hydrogens is 265 g/mol. The van der Waals surface area contributed by atoms with Crippen LogP contribution in [-0.4, -0.2) is 46.8 Å². The summed E-state index contributed by atoms with van der Waals surface area (Å²) in [6.45, 7) is 6.51. The molecule has 0 aliphatic carbocycles. The Bertz CT molecular complexity index is 471. The third-order valence-electron chi connectivity index (χ3n) is 1.24. The van der Waals surface area contributed by atoms with Gasteiger partial charge >= 0.3 is 37.8 Å². The van der Waals surface area contributed by atoms with E-state index in [4.69, 9.17) is 4.55 Å². The van der Waals surface area contributed by atoms with Crippen LogP contribution in [0.4, 0.5) is 0 Å². The zero-order chi connectivity index (χ0) is 14.6. The first kappa shape index (κ1) is 19.4. The summed E-state index contributed by atoms with van der Waals surface area (Å²) in [4.78, 5) is 9.40. The molecule has 1 aromatic carbocycles. The van der Waals surface area contributed by atoms with E-state index in [9.17, 15) is 13.2 Å². The van der Waals surface area contributed by atoms with E-state index in [1.54, 1.807) is 18.2 Å². The molecule has 0 aliphatic rings. The van der Waals surface area contributed by atoms with Gasteiger partial charge in [-0.05, 0) is 18.2 Å². The maximum absolute atomic E-state index is 10.4. The van der Waals surface area contributed by atoms with Gasteiger partial charge in [0.2, 0.25) is 5.91 Å². The van der Waals surface area contributed by atoms with Gasteiger partial charge in [0, 0.05) is 0 Å². The second kappa shape index (κ2) is 11.2. The van der Waals surface area contributed by atoms with Crippen molar-refractivity contribution in [2.24, 2.45) is 5.73 Å². The van der Waals surface area contributed by atoms with Crippen LogP contribution >= 0.6 is 0 Å². The predicted octanol–water partition coefficient (Wildman–Crippen LogP) is 0.889. The molecule has 1 aromatic rings. The van der Waals surface area contributed by atoms with E-state index in [2.05, 4.69) is 18.9 Å². The van der Waals surface area contributed by atoms with Crippen molar-refractivity contribution in [3.05, 3.63) is 52.9 Å². The normalized spacial score (nSPS) is 8.83. The molecule has 0 unspecified atom stereocenters. The Morgan fingerprint density at radius 3 is 1.78 bits per heavy atom. The smallest absolute Gasteiger partial charge is 0.282 e. The van der Waals surface area contributed by atoms with Crippen LogP contribution in [0.15, 0.2) is 57.8 Å². The molecule has 0 spiro atoms. The molecule has 0 heterocycles. The third-order valence-corrected chi connectivity index (χ3v) is 2.11. The van der Waals surface area contributed by atoms with Crippen LogP contribution in [0, 0.1) is 0 Å². The largest absolute Gasteiger partial charge is 0.294 e. The number of hydrogen-bond acceptors (Lipinski definition) is 3. The molecule has 0 bridgehead atoms. The van der Waals surface area contributed by atoms with Gasteiger partial charge in [0.15, 0.2) is 0 Å². The van der Waals surface area contributed by atoms with E-state index < -0.39 is 16.0 Å². The van der Waals surface area contributed by atoms with E-state index in [0.29, 0.717) is 0 Å². The summed E-state index contributed by atoms with van der Waals surface area (Å²) in [5.74, 6) is -0.481. The minimum absolute atomic E-state index is 0.0741. The molecular formula is C11H14NNaO4S. The standard InChI is InChI=1S/C6H6O3S.C3H5NO.C2H3.Na/c7-10(8,9)6-4-2-1-3-5-6;1-2-3(4)5;1-2;/h1-5H,(H,7,8,9);2H,1H2,(H2,4,5);1H,2H2;. The molecule has 94 valence electrons. The molecule has 18 heavy (non-hydrogen) atoms. The SMILES string of the molecule is C=CC(N)=O.C=[CH][Na].O=S(=O)(O)c1ccccc1. The van der Waals surface area contributed by atoms with Crippen LogP contribution in [0.2, 0.25) is 0 Å². The summed E-state index contributed by atoms with van der Waals surface area (Å²) in [7, 11) is -4.00. The Hall–Kier alpha value is -0.920. The summed E-state index contributed by atoms with van der Waals surface area (Å²) in [5, 5.41) is 0. The number of hydrogen-bond donors (Lipinski definition) is 2. The molecule has 0 atom stereocenters. The van der Waals surface area contributed by atoms with E-state index in [1.807, 2.05) is 3.33 Å². The van der Waals surface area contributed by atoms with Crippen molar-refractivity contribution >= 4 is 44.0 Å². The fourth-order valence-electron chi connectivity index (χ4n) is 0.592. The van der Waals surface area contributed by atoms with Crippen molar-refractivity contribution < 1.29 is 17.8 Å². The van der Waals surface area contributed by atoms with Gasteiger partial charge < -0.3 is 5.73 Å². The fraction of sp³-hybridized carbons (Fsp3) is 0. The number of benzene rings is 1. The fourth-order valence-corrected chi connectivity index (χ4v) is 1.09. The zero-order valence-electron chi connectivity index (χ0n) is 10.1. The van der Waals surface area contributed by atoms with Gasteiger partial charge in [-0.25, -0.2) is 0 Å². The monoisotopic (exact) mass is 279 g/mol. The number of carbonyl (C=O) groups is 1. The average molecular weight is 279 g/mol. The van der Waals surface area contributed by atoms with E-state index in [-0.39, 0.29) is 4.90 Å². The number of amides is 1. The molecule has 0 radical (unpaired) electrons. The molecule has 0 saturated heterocycles. The summed E-state index contributed by atoms with van der Waals surface area (Å²) >= 11 is 1.13. The van der Waals surface area contributed by atoms with Gasteiger partial charge in [0.05, 0.1) is 4.90 Å². The number of carbonyl (C=O) groups excluding carboxylic acids is 1. The minimum atomic E-state index is -4.00. The third kappa shape index (κ3) is 13.1. The molecule has 0 saturated carbocycles. The maximum atomic E-state index is 10.4. The summed E-state index contributed by atoms with van der Waals surface area (Å²) < 4.78 is 31.1. The molecule has 1 rings (SSSR count). The Kier molecular flexibility index (Phi) is 12.1. The summed E-state index contributed by atoms with van der Waals surface area (Å²) in [6, 6.07) is 7.42. The number of primary amides is 1. The minimum Gasteiger partial charge on any atom is -0.282 e. The molecule has 0 fully saturated rings.